The standard InChI is InChI=1S/C24H27N3O5S/c1-4-32-23(30)17-7-10-25(11-8-17)20(28)14-26-19-9-12-33-21(19)22(29)27(24(26)31)18-6-5-15(2)16(3)13-18/h5-6,9,12-13,17H,4,7-8,10-11,14H2,1-3H3. The number of esters is 1. The molecule has 8 nitrogen and oxygen atoms in total. The molecule has 3 aromatic rings. The topological polar surface area (TPSA) is 90.6 Å². The highest BCUT2D eigenvalue weighted by molar-refractivity contribution is 7.17. The highest BCUT2D eigenvalue weighted by Gasteiger charge is 2.29. The average Bonchev–Trinajstić information content (AvgIpc) is 3.29. The van der Waals surface area contributed by atoms with Crippen LogP contribution in [0.1, 0.15) is 30.9 Å². The van der Waals surface area contributed by atoms with E-state index < -0.39 is 5.69 Å². The monoisotopic (exact) mass is 469 g/mol. The SMILES string of the molecule is CCOC(=O)C1CCN(C(=O)Cn2c(=O)n(-c3ccc(C)c(C)c3)c(=O)c3sccc32)CC1. The van der Waals surface area contributed by atoms with Crippen molar-refractivity contribution in [2.75, 3.05) is 19.7 Å². The maximum Gasteiger partial charge on any atom is 0.336 e. The highest BCUT2D eigenvalue weighted by Crippen LogP contribution is 2.21. The number of piperidine rings is 1. The Morgan fingerprint density at radius 3 is 2.48 bits per heavy atom. The second-order valence-electron chi connectivity index (χ2n) is 8.32. The smallest absolute Gasteiger partial charge is 0.336 e. The van der Waals surface area contributed by atoms with Crippen LogP contribution in [0.5, 0.6) is 0 Å². The second kappa shape index (κ2) is 9.35. The van der Waals surface area contributed by atoms with Crippen molar-refractivity contribution < 1.29 is 14.3 Å². The maximum absolute atomic E-state index is 13.4. The molecular formula is C24H27N3O5S. The first kappa shape index (κ1) is 23.0. The Balaban J connectivity index is 1.65. The lowest BCUT2D eigenvalue weighted by Crippen LogP contribution is -2.45. The molecule has 0 radical (unpaired) electrons. The van der Waals surface area contributed by atoms with Gasteiger partial charge in [0.25, 0.3) is 5.56 Å². The zero-order valence-electron chi connectivity index (χ0n) is 19.0. The Morgan fingerprint density at radius 1 is 1.09 bits per heavy atom. The fourth-order valence-corrected chi connectivity index (χ4v) is 5.02. The average molecular weight is 470 g/mol. The summed E-state index contributed by atoms with van der Waals surface area (Å²) in [5.41, 5.74) is 2.06. The summed E-state index contributed by atoms with van der Waals surface area (Å²) < 4.78 is 8.04. The minimum absolute atomic E-state index is 0.165. The number of benzene rings is 1. The molecule has 0 unspecified atom stereocenters. The van der Waals surface area contributed by atoms with Crippen LogP contribution in [0.15, 0.2) is 39.2 Å². The molecule has 1 fully saturated rings. The third kappa shape index (κ3) is 4.37. The third-order valence-corrected chi connectivity index (χ3v) is 7.16. The highest BCUT2D eigenvalue weighted by atomic mass is 32.1. The van der Waals surface area contributed by atoms with Gasteiger partial charge in [0.05, 0.1) is 23.7 Å². The van der Waals surface area contributed by atoms with E-state index >= 15 is 0 Å². The number of aryl methyl sites for hydroxylation is 2. The van der Waals surface area contributed by atoms with Crippen molar-refractivity contribution in [1.29, 1.82) is 0 Å². The fourth-order valence-electron chi connectivity index (χ4n) is 4.19. The van der Waals surface area contributed by atoms with Crippen molar-refractivity contribution in [2.45, 2.75) is 40.2 Å². The van der Waals surface area contributed by atoms with E-state index in [2.05, 4.69) is 0 Å². The fraction of sp³-hybridized carbons (Fsp3) is 0.417. The summed E-state index contributed by atoms with van der Waals surface area (Å²) in [6, 6.07) is 7.13. The van der Waals surface area contributed by atoms with Gasteiger partial charge in [-0.1, -0.05) is 6.07 Å². The number of likely N-dealkylation sites (tertiary alicyclic amines) is 1. The van der Waals surface area contributed by atoms with Gasteiger partial charge in [-0.05, 0) is 68.3 Å². The minimum atomic E-state index is -0.538. The summed E-state index contributed by atoms with van der Waals surface area (Å²) in [4.78, 5) is 53.3. The van der Waals surface area contributed by atoms with Crippen LogP contribution >= 0.6 is 11.3 Å². The molecule has 0 bridgehead atoms. The first-order chi connectivity index (χ1) is 15.8. The number of ether oxygens (including phenoxy) is 1. The van der Waals surface area contributed by atoms with Gasteiger partial charge >= 0.3 is 11.7 Å². The molecule has 0 spiro atoms. The number of rotatable bonds is 5. The second-order valence-corrected chi connectivity index (χ2v) is 9.24. The number of hydrogen-bond acceptors (Lipinski definition) is 6. The largest absolute Gasteiger partial charge is 0.466 e. The van der Waals surface area contributed by atoms with Crippen LogP contribution < -0.4 is 11.2 Å². The zero-order chi connectivity index (χ0) is 23.7. The summed E-state index contributed by atoms with van der Waals surface area (Å²) in [5.74, 6) is -0.634. The quantitative estimate of drug-likeness (QED) is 0.536. The lowest BCUT2D eigenvalue weighted by Gasteiger charge is -2.31. The molecule has 174 valence electrons. The van der Waals surface area contributed by atoms with Gasteiger partial charge in [-0.25, -0.2) is 9.36 Å². The number of carbonyl (C=O) groups excluding carboxylic acids is 2. The Kier molecular flexibility index (Phi) is 6.51. The van der Waals surface area contributed by atoms with Gasteiger partial charge in [0, 0.05) is 13.1 Å². The summed E-state index contributed by atoms with van der Waals surface area (Å²) in [6.45, 7) is 6.70. The van der Waals surface area contributed by atoms with Crippen molar-refractivity contribution in [3.8, 4) is 5.69 Å². The molecular weight excluding hydrogens is 442 g/mol. The van der Waals surface area contributed by atoms with Crippen LogP contribution in [0.25, 0.3) is 15.9 Å². The van der Waals surface area contributed by atoms with Gasteiger partial charge in [0.2, 0.25) is 5.91 Å². The summed E-state index contributed by atoms with van der Waals surface area (Å²) >= 11 is 1.25. The van der Waals surface area contributed by atoms with E-state index in [1.807, 2.05) is 26.0 Å². The molecule has 0 aliphatic carbocycles. The van der Waals surface area contributed by atoms with Crippen LogP contribution in [0, 0.1) is 19.8 Å². The molecule has 1 saturated heterocycles. The van der Waals surface area contributed by atoms with E-state index in [0.717, 1.165) is 15.7 Å². The van der Waals surface area contributed by atoms with Crippen molar-refractivity contribution >= 4 is 33.4 Å². The van der Waals surface area contributed by atoms with Crippen molar-refractivity contribution in [2.24, 2.45) is 5.92 Å². The molecule has 2 aromatic heterocycles. The number of aromatic nitrogens is 2. The Bertz CT molecular complexity index is 1330. The minimum Gasteiger partial charge on any atom is -0.466 e. The number of fused-ring (bicyclic) bond motifs is 1. The Hall–Kier alpha value is -3.20. The first-order valence-electron chi connectivity index (χ1n) is 11.1. The van der Waals surface area contributed by atoms with Crippen molar-refractivity contribution in [1.82, 2.24) is 14.0 Å². The molecule has 1 aromatic carbocycles. The van der Waals surface area contributed by atoms with Gasteiger partial charge in [-0.3, -0.25) is 19.0 Å². The summed E-state index contributed by atoms with van der Waals surface area (Å²) in [6.07, 6.45) is 1.07. The van der Waals surface area contributed by atoms with Crippen molar-refractivity contribution in [3.05, 3.63) is 61.6 Å². The molecule has 0 N–H and O–H groups in total. The van der Waals surface area contributed by atoms with E-state index in [4.69, 9.17) is 4.74 Å². The molecule has 0 saturated carbocycles. The zero-order valence-corrected chi connectivity index (χ0v) is 19.8. The normalized spacial score (nSPS) is 14.6. The molecule has 3 heterocycles. The molecule has 0 atom stereocenters. The number of amides is 1. The van der Waals surface area contributed by atoms with Gasteiger partial charge in [0.1, 0.15) is 11.2 Å². The lowest BCUT2D eigenvalue weighted by atomic mass is 9.97. The van der Waals surface area contributed by atoms with Gasteiger partial charge in [0.15, 0.2) is 0 Å². The van der Waals surface area contributed by atoms with Crippen LogP contribution in [-0.4, -0.2) is 45.6 Å². The summed E-state index contributed by atoms with van der Waals surface area (Å²) in [7, 11) is 0. The van der Waals surface area contributed by atoms with E-state index in [0.29, 0.717) is 48.4 Å². The molecule has 1 amide bonds. The Labute approximate surface area is 195 Å². The van der Waals surface area contributed by atoms with E-state index in [1.54, 1.807) is 29.3 Å². The molecule has 9 heteroatoms. The van der Waals surface area contributed by atoms with Crippen molar-refractivity contribution in [3.63, 3.8) is 0 Å². The summed E-state index contributed by atoms with van der Waals surface area (Å²) in [5, 5.41) is 1.75. The molecule has 33 heavy (non-hydrogen) atoms. The van der Waals surface area contributed by atoms with Gasteiger partial charge < -0.3 is 9.64 Å². The number of hydrogen-bond donors (Lipinski definition) is 0. The van der Waals surface area contributed by atoms with Crippen LogP contribution in [0.2, 0.25) is 0 Å². The van der Waals surface area contributed by atoms with E-state index in [1.165, 1.54) is 15.9 Å². The molecule has 4 rings (SSSR count). The number of carbonyl (C=O) groups is 2. The van der Waals surface area contributed by atoms with Crippen LogP contribution in [0.3, 0.4) is 0 Å². The predicted octanol–water partition coefficient (Wildman–Crippen LogP) is 2.63. The molecule has 1 aliphatic rings. The third-order valence-electron chi connectivity index (χ3n) is 6.26. The van der Waals surface area contributed by atoms with E-state index in [-0.39, 0.29) is 29.9 Å². The predicted molar refractivity (Wildman–Crippen MR) is 127 cm³/mol. The lowest BCUT2D eigenvalue weighted by molar-refractivity contribution is -0.151. The first-order valence-corrected chi connectivity index (χ1v) is 11.9. The number of thiophene rings is 1. The number of nitrogens with zero attached hydrogens (tertiary/aromatic N) is 3. The van der Waals surface area contributed by atoms with Crippen LogP contribution in [0.4, 0.5) is 0 Å². The Morgan fingerprint density at radius 2 is 1.82 bits per heavy atom. The van der Waals surface area contributed by atoms with Gasteiger partial charge in [-0.2, -0.15) is 0 Å². The van der Waals surface area contributed by atoms with Gasteiger partial charge in [-0.15, -0.1) is 11.3 Å². The van der Waals surface area contributed by atoms with Crippen LogP contribution in [-0.2, 0) is 20.9 Å². The van der Waals surface area contributed by atoms with E-state index in [9.17, 15) is 19.2 Å². The molecule has 1 aliphatic heterocycles. The maximum atomic E-state index is 13.4.